The SMILES string of the molecule is CCCc1c(OC)ccc(O)c1OC. The Morgan fingerprint density at radius 1 is 1.21 bits per heavy atom. The molecule has 0 aliphatic carbocycles. The maximum atomic E-state index is 9.56. The van der Waals surface area contributed by atoms with Crippen molar-refractivity contribution in [3.8, 4) is 17.2 Å². The molecule has 14 heavy (non-hydrogen) atoms. The quantitative estimate of drug-likeness (QED) is 0.803. The molecule has 1 aromatic carbocycles. The highest BCUT2D eigenvalue weighted by Crippen LogP contribution is 2.37. The fraction of sp³-hybridized carbons (Fsp3) is 0.455. The van der Waals surface area contributed by atoms with Gasteiger partial charge in [-0.2, -0.15) is 0 Å². The number of hydrogen-bond acceptors (Lipinski definition) is 3. The van der Waals surface area contributed by atoms with Crippen molar-refractivity contribution in [1.29, 1.82) is 0 Å². The normalized spacial score (nSPS) is 9.93. The lowest BCUT2D eigenvalue weighted by Gasteiger charge is -2.13. The van der Waals surface area contributed by atoms with Gasteiger partial charge in [-0.05, 0) is 18.6 Å². The molecule has 78 valence electrons. The van der Waals surface area contributed by atoms with Crippen LogP contribution >= 0.6 is 0 Å². The Labute approximate surface area is 84.3 Å². The number of rotatable bonds is 4. The monoisotopic (exact) mass is 196 g/mol. The Morgan fingerprint density at radius 2 is 1.93 bits per heavy atom. The first-order valence-electron chi connectivity index (χ1n) is 4.67. The molecule has 0 aromatic heterocycles. The fourth-order valence-electron chi connectivity index (χ4n) is 1.50. The van der Waals surface area contributed by atoms with E-state index in [4.69, 9.17) is 9.47 Å². The third kappa shape index (κ3) is 1.92. The van der Waals surface area contributed by atoms with E-state index in [0.29, 0.717) is 5.75 Å². The van der Waals surface area contributed by atoms with Crippen LogP contribution in [0.4, 0.5) is 0 Å². The Morgan fingerprint density at radius 3 is 2.43 bits per heavy atom. The minimum absolute atomic E-state index is 0.164. The van der Waals surface area contributed by atoms with Gasteiger partial charge >= 0.3 is 0 Å². The molecule has 0 saturated carbocycles. The van der Waals surface area contributed by atoms with Gasteiger partial charge in [-0.25, -0.2) is 0 Å². The van der Waals surface area contributed by atoms with Crippen LogP contribution in [0.25, 0.3) is 0 Å². The summed E-state index contributed by atoms with van der Waals surface area (Å²) in [5.41, 5.74) is 0.928. The average molecular weight is 196 g/mol. The summed E-state index contributed by atoms with van der Waals surface area (Å²) >= 11 is 0. The van der Waals surface area contributed by atoms with Crippen LogP contribution in [0.5, 0.6) is 17.2 Å². The molecule has 0 aliphatic rings. The number of aromatic hydroxyl groups is 1. The van der Waals surface area contributed by atoms with Gasteiger partial charge in [0.05, 0.1) is 14.2 Å². The molecular weight excluding hydrogens is 180 g/mol. The summed E-state index contributed by atoms with van der Waals surface area (Å²) in [4.78, 5) is 0. The van der Waals surface area contributed by atoms with Gasteiger partial charge in [0.25, 0.3) is 0 Å². The first-order chi connectivity index (χ1) is 6.74. The number of benzene rings is 1. The van der Waals surface area contributed by atoms with Crippen LogP contribution < -0.4 is 9.47 Å². The third-order valence-electron chi connectivity index (χ3n) is 2.12. The van der Waals surface area contributed by atoms with Crippen molar-refractivity contribution in [3.05, 3.63) is 17.7 Å². The van der Waals surface area contributed by atoms with Crippen LogP contribution in [0.3, 0.4) is 0 Å². The Balaban J connectivity index is 3.21. The zero-order chi connectivity index (χ0) is 10.6. The molecular formula is C11H16O3. The van der Waals surface area contributed by atoms with E-state index < -0.39 is 0 Å². The molecule has 0 radical (unpaired) electrons. The summed E-state index contributed by atoms with van der Waals surface area (Å²) in [7, 11) is 3.17. The minimum Gasteiger partial charge on any atom is -0.504 e. The van der Waals surface area contributed by atoms with Gasteiger partial charge in [0.2, 0.25) is 0 Å². The molecule has 0 atom stereocenters. The van der Waals surface area contributed by atoms with Crippen molar-refractivity contribution >= 4 is 0 Å². The highest BCUT2D eigenvalue weighted by Gasteiger charge is 2.13. The fourth-order valence-corrected chi connectivity index (χ4v) is 1.50. The van der Waals surface area contributed by atoms with Gasteiger partial charge in [0, 0.05) is 5.56 Å². The molecule has 3 heteroatoms. The molecule has 0 bridgehead atoms. The van der Waals surface area contributed by atoms with E-state index in [9.17, 15) is 5.11 Å². The summed E-state index contributed by atoms with van der Waals surface area (Å²) < 4.78 is 10.3. The molecule has 1 rings (SSSR count). The Bertz CT molecular complexity index is 308. The maximum Gasteiger partial charge on any atom is 0.167 e. The summed E-state index contributed by atoms with van der Waals surface area (Å²) in [5.74, 6) is 1.45. The van der Waals surface area contributed by atoms with Crippen molar-refractivity contribution in [3.63, 3.8) is 0 Å². The van der Waals surface area contributed by atoms with Crippen LogP contribution in [0.15, 0.2) is 12.1 Å². The van der Waals surface area contributed by atoms with Crippen LogP contribution in [-0.2, 0) is 6.42 Å². The number of phenols is 1. The first-order valence-corrected chi connectivity index (χ1v) is 4.67. The van der Waals surface area contributed by atoms with E-state index in [-0.39, 0.29) is 5.75 Å². The lowest BCUT2D eigenvalue weighted by Crippen LogP contribution is -1.96. The second kappa shape index (κ2) is 4.74. The molecule has 1 N–H and O–H groups in total. The van der Waals surface area contributed by atoms with E-state index in [0.717, 1.165) is 24.2 Å². The number of hydrogen-bond donors (Lipinski definition) is 1. The van der Waals surface area contributed by atoms with Gasteiger partial charge in [-0.3, -0.25) is 0 Å². The van der Waals surface area contributed by atoms with Crippen molar-refractivity contribution in [1.82, 2.24) is 0 Å². The van der Waals surface area contributed by atoms with Crippen molar-refractivity contribution in [2.24, 2.45) is 0 Å². The smallest absolute Gasteiger partial charge is 0.167 e. The maximum absolute atomic E-state index is 9.56. The summed E-state index contributed by atoms with van der Waals surface area (Å²) in [5, 5.41) is 9.56. The van der Waals surface area contributed by atoms with Crippen molar-refractivity contribution < 1.29 is 14.6 Å². The topological polar surface area (TPSA) is 38.7 Å². The molecule has 0 saturated heterocycles. The predicted octanol–water partition coefficient (Wildman–Crippen LogP) is 2.36. The molecule has 0 heterocycles. The molecule has 3 nitrogen and oxygen atoms in total. The lowest BCUT2D eigenvalue weighted by molar-refractivity contribution is 0.357. The lowest BCUT2D eigenvalue weighted by atomic mass is 10.1. The molecule has 1 aromatic rings. The second-order valence-corrected chi connectivity index (χ2v) is 3.05. The summed E-state index contributed by atoms with van der Waals surface area (Å²) in [6, 6.07) is 3.33. The average Bonchev–Trinajstić information content (AvgIpc) is 2.19. The molecule has 0 amide bonds. The zero-order valence-corrected chi connectivity index (χ0v) is 8.83. The molecule has 0 fully saturated rings. The van der Waals surface area contributed by atoms with Crippen LogP contribution in [-0.4, -0.2) is 19.3 Å². The second-order valence-electron chi connectivity index (χ2n) is 3.05. The summed E-state index contributed by atoms with van der Waals surface area (Å²) in [6.45, 7) is 2.07. The van der Waals surface area contributed by atoms with E-state index in [1.807, 2.05) is 0 Å². The van der Waals surface area contributed by atoms with Gasteiger partial charge in [0.15, 0.2) is 11.5 Å². The van der Waals surface area contributed by atoms with Crippen LogP contribution in [0.1, 0.15) is 18.9 Å². The van der Waals surface area contributed by atoms with E-state index in [1.54, 1.807) is 26.4 Å². The summed E-state index contributed by atoms with van der Waals surface area (Å²) in [6.07, 6.45) is 1.82. The number of methoxy groups -OCH3 is 2. The highest BCUT2D eigenvalue weighted by molar-refractivity contribution is 5.53. The zero-order valence-electron chi connectivity index (χ0n) is 8.83. The molecule has 0 unspecified atom stereocenters. The first kappa shape index (κ1) is 10.7. The highest BCUT2D eigenvalue weighted by atomic mass is 16.5. The molecule has 0 aliphatic heterocycles. The van der Waals surface area contributed by atoms with Gasteiger partial charge in [-0.15, -0.1) is 0 Å². The number of ether oxygens (including phenoxy) is 2. The van der Waals surface area contributed by atoms with E-state index in [1.165, 1.54) is 0 Å². The predicted molar refractivity (Wildman–Crippen MR) is 55.2 cm³/mol. The Hall–Kier alpha value is -1.38. The minimum atomic E-state index is 0.164. The van der Waals surface area contributed by atoms with E-state index >= 15 is 0 Å². The van der Waals surface area contributed by atoms with Crippen molar-refractivity contribution in [2.45, 2.75) is 19.8 Å². The number of phenolic OH excluding ortho intramolecular Hbond substituents is 1. The van der Waals surface area contributed by atoms with E-state index in [2.05, 4.69) is 6.92 Å². The molecule has 0 spiro atoms. The third-order valence-corrected chi connectivity index (χ3v) is 2.12. The van der Waals surface area contributed by atoms with Crippen LogP contribution in [0.2, 0.25) is 0 Å². The van der Waals surface area contributed by atoms with Crippen molar-refractivity contribution in [2.75, 3.05) is 14.2 Å². The van der Waals surface area contributed by atoms with Gasteiger partial charge in [0.1, 0.15) is 5.75 Å². The largest absolute Gasteiger partial charge is 0.504 e. The van der Waals surface area contributed by atoms with Gasteiger partial charge < -0.3 is 14.6 Å². The van der Waals surface area contributed by atoms with Crippen LogP contribution in [0, 0.1) is 0 Å². The Kier molecular flexibility index (Phi) is 3.63. The standard InChI is InChI=1S/C11H16O3/c1-4-5-8-10(13-2)7-6-9(12)11(8)14-3/h6-7,12H,4-5H2,1-3H3. The van der Waals surface area contributed by atoms with Gasteiger partial charge in [-0.1, -0.05) is 13.3 Å².